The summed E-state index contributed by atoms with van der Waals surface area (Å²) in [6.07, 6.45) is 0. The van der Waals surface area contributed by atoms with E-state index in [-0.39, 0.29) is 23.5 Å². The van der Waals surface area contributed by atoms with Crippen molar-refractivity contribution in [1.29, 1.82) is 5.26 Å². The third-order valence-electron chi connectivity index (χ3n) is 6.63. The van der Waals surface area contributed by atoms with Crippen LogP contribution in [0.3, 0.4) is 0 Å². The van der Waals surface area contributed by atoms with E-state index in [9.17, 15) is 24.4 Å². The van der Waals surface area contributed by atoms with Crippen LogP contribution in [0.4, 0.5) is 11.4 Å². The monoisotopic (exact) mass is 610 g/mol. The third-order valence-corrected chi connectivity index (χ3v) is 7.65. The molecule has 0 fully saturated rings. The third kappa shape index (κ3) is 7.35. The molecule has 0 aliphatic carbocycles. The van der Waals surface area contributed by atoms with Crippen LogP contribution in [0, 0.1) is 11.3 Å². The zero-order chi connectivity index (χ0) is 31.6. The number of hydrogen-bond donors (Lipinski definition) is 3. The number of thioether (sulfide) groups is 1. The predicted molar refractivity (Wildman–Crippen MR) is 168 cm³/mol. The molecule has 3 aromatic rings. The smallest absolute Gasteiger partial charge is 0.339 e. The van der Waals surface area contributed by atoms with Crippen LogP contribution >= 0.6 is 11.8 Å². The van der Waals surface area contributed by atoms with Crippen molar-refractivity contribution in [2.75, 3.05) is 30.1 Å². The molecule has 1 aliphatic heterocycles. The highest BCUT2D eigenvalue weighted by Gasteiger charge is 2.35. The maximum absolute atomic E-state index is 13.7. The number of nitrogens with one attached hydrogen (secondary N) is 3. The first-order chi connectivity index (χ1) is 21.3. The second kappa shape index (κ2) is 14.7. The molecule has 3 N–H and O–H groups in total. The molecule has 1 atom stereocenters. The molecule has 4 rings (SSSR count). The van der Waals surface area contributed by atoms with Gasteiger partial charge >= 0.3 is 11.9 Å². The molecule has 224 valence electrons. The minimum absolute atomic E-state index is 0.0772. The Morgan fingerprint density at radius 3 is 2.27 bits per heavy atom. The van der Waals surface area contributed by atoms with Crippen molar-refractivity contribution in [3.05, 3.63) is 117 Å². The van der Waals surface area contributed by atoms with Crippen LogP contribution in [0.15, 0.2) is 101 Å². The van der Waals surface area contributed by atoms with Crippen LogP contribution in [-0.4, -0.2) is 43.2 Å². The molecule has 0 saturated heterocycles. The van der Waals surface area contributed by atoms with E-state index in [0.29, 0.717) is 33.2 Å². The van der Waals surface area contributed by atoms with Gasteiger partial charge in [0, 0.05) is 17.0 Å². The number of allylic oxidation sites excluding steroid dienone is 2. The molecule has 0 bridgehead atoms. The topological polar surface area (TPSA) is 147 Å². The van der Waals surface area contributed by atoms with Gasteiger partial charge in [0.1, 0.15) is 0 Å². The summed E-state index contributed by atoms with van der Waals surface area (Å²) in [7, 11) is 1.26. The number of ether oxygens (including phenoxy) is 2. The number of esters is 2. The maximum Gasteiger partial charge on any atom is 0.339 e. The summed E-state index contributed by atoms with van der Waals surface area (Å²) in [4.78, 5) is 50.7. The van der Waals surface area contributed by atoms with Crippen molar-refractivity contribution in [3.8, 4) is 6.07 Å². The number of amides is 2. The number of para-hydroxylation sites is 1. The fraction of sp³-hybridized carbons (Fsp3) is 0.182. The van der Waals surface area contributed by atoms with Crippen LogP contribution in [-0.2, 0) is 19.1 Å². The van der Waals surface area contributed by atoms with E-state index >= 15 is 0 Å². The van der Waals surface area contributed by atoms with Crippen molar-refractivity contribution in [1.82, 2.24) is 5.32 Å². The molecule has 1 aliphatic rings. The number of carbonyl (C=O) groups is 4. The molecule has 10 nitrogen and oxygen atoms in total. The Balaban J connectivity index is 1.57. The molecule has 44 heavy (non-hydrogen) atoms. The Morgan fingerprint density at radius 2 is 1.61 bits per heavy atom. The lowest BCUT2D eigenvalue weighted by Gasteiger charge is -2.30. The summed E-state index contributed by atoms with van der Waals surface area (Å²) in [5.41, 5.74) is 3.19. The van der Waals surface area contributed by atoms with Gasteiger partial charge < -0.3 is 25.4 Å². The minimum atomic E-state index is -0.716. The average Bonchev–Trinajstić information content (AvgIpc) is 3.04. The van der Waals surface area contributed by atoms with Gasteiger partial charge in [0.2, 0.25) is 5.91 Å². The summed E-state index contributed by atoms with van der Waals surface area (Å²) < 4.78 is 9.81. The number of nitrogens with zero attached hydrogens (tertiary/aromatic N) is 1. The van der Waals surface area contributed by atoms with Crippen LogP contribution in [0.1, 0.15) is 46.0 Å². The number of rotatable bonds is 10. The van der Waals surface area contributed by atoms with Crippen molar-refractivity contribution >= 4 is 46.9 Å². The Morgan fingerprint density at radius 1 is 0.932 bits per heavy atom. The first-order valence-corrected chi connectivity index (χ1v) is 14.6. The first-order valence-electron chi connectivity index (χ1n) is 13.6. The van der Waals surface area contributed by atoms with Gasteiger partial charge in [-0.1, -0.05) is 54.2 Å². The molecule has 0 spiro atoms. The zero-order valence-corrected chi connectivity index (χ0v) is 25.1. The molecule has 0 saturated carbocycles. The van der Waals surface area contributed by atoms with E-state index in [1.165, 1.54) is 7.11 Å². The minimum Gasteiger partial charge on any atom is -0.465 e. The average molecular weight is 611 g/mol. The van der Waals surface area contributed by atoms with Gasteiger partial charge in [0.05, 0.1) is 58.9 Å². The second-order valence-electron chi connectivity index (χ2n) is 9.49. The Kier molecular flexibility index (Phi) is 10.6. The van der Waals surface area contributed by atoms with E-state index in [2.05, 4.69) is 22.0 Å². The van der Waals surface area contributed by atoms with Gasteiger partial charge in [-0.3, -0.25) is 9.59 Å². The number of anilines is 2. The second-order valence-corrected chi connectivity index (χ2v) is 10.5. The van der Waals surface area contributed by atoms with Crippen LogP contribution in [0.25, 0.3) is 0 Å². The van der Waals surface area contributed by atoms with Gasteiger partial charge in [0.15, 0.2) is 0 Å². The highest BCUT2D eigenvalue weighted by Crippen LogP contribution is 2.41. The number of methoxy groups -OCH3 is 1. The van der Waals surface area contributed by atoms with Gasteiger partial charge in [0.25, 0.3) is 5.91 Å². The molecule has 0 radical (unpaired) electrons. The number of hydrogen-bond acceptors (Lipinski definition) is 9. The molecular formula is C33H30N4O6S. The molecule has 1 heterocycles. The summed E-state index contributed by atoms with van der Waals surface area (Å²) in [5, 5.41) is 19.5. The first kappa shape index (κ1) is 31.6. The molecular weight excluding hydrogens is 580 g/mol. The largest absolute Gasteiger partial charge is 0.465 e. The van der Waals surface area contributed by atoms with Crippen LogP contribution in [0.5, 0.6) is 0 Å². The molecule has 11 heteroatoms. The summed E-state index contributed by atoms with van der Waals surface area (Å²) in [6, 6.07) is 24.2. The van der Waals surface area contributed by atoms with E-state index in [0.717, 1.165) is 17.3 Å². The van der Waals surface area contributed by atoms with Crippen molar-refractivity contribution in [2.45, 2.75) is 19.8 Å². The van der Waals surface area contributed by atoms with Crippen molar-refractivity contribution in [3.63, 3.8) is 0 Å². The number of nitriles is 1. The Hall–Kier alpha value is -5.34. The normalized spacial score (nSPS) is 14.2. The van der Waals surface area contributed by atoms with Gasteiger partial charge in [-0.2, -0.15) is 5.26 Å². The zero-order valence-electron chi connectivity index (χ0n) is 24.3. The maximum atomic E-state index is 13.7. The van der Waals surface area contributed by atoms with Crippen LogP contribution in [0.2, 0.25) is 0 Å². The molecule has 0 aromatic heterocycles. The molecule has 1 unspecified atom stereocenters. The fourth-order valence-electron chi connectivity index (χ4n) is 4.61. The summed E-state index contributed by atoms with van der Waals surface area (Å²) >= 11 is 1.11. The Labute approximate surface area is 259 Å². The Bertz CT molecular complexity index is 1680. The van der Waals surface area contributed by atoms with Gasteiger partial charge in [-0.25, -0.2) is 9.59 Å². The quantitative estimate of drug-likeness (QED) is 0.258. The lowest BCUT2D eigenvalue weighted by atomic mass is 9.82. The van der Waals surface area contributed by atoms with E-state index in [1.807, 2.05) is 30.3 Å². The SMILES string of the molecule is CCOC(=O)c1ccc(NC(=O)C2=C(C)NC(SCC(=O)Nc3ccccc3C(=O)OC)=C(C#N)C2c2ccccc2)cc1. The highest BCUT2D eigenvalue weighted by atomic mass is 32.2. The number of carbonyl (C=O) groups excluding carboxylic acids is 4. The summed E-state index contributed by atoms with van der Waals surface area (Å²) in [6.45, 7) is 3.71. The summed E-state index contributed by atoms with van der Waals surface area (Å²) in [5.74, 6) is -2.66. The molecule has 3 aromatic carbocycles. The number of dihydropyridines is 1. The van der Waals surface area contributed by atoms with Gasteiger partial charge in [-0.15, -0.1) is 0 Å². The fourth-order valence-corrected chi connectivity index (χ4v) is 5.50. The van der Waals surface area contributed by atoms with E-state index < -0.39 is 29.7 Å². The predicted octanol–water partition coefficient (Wildman–Crippen LogP) is 5.36. The van der Waals surface area contributed by atoms with Crippen LogP contribution < -0.4 is 16.0 Å². The standard InChI is InChI=1S/C33H30N4O6S/c1-4-43-32(40)22-14-16-23(17-15-22)36-30(39)28-20(2)35-31(25(18-34)29(28)21-10-6-5-7-11-21)44-19-27(38)37-26-13-9-8-12-24(26)33(41)42-3/h5-17,29,35H,4,19H2,1-3H3,(H,36,39)(H,37,38). The molecule has 2 amide bonds. The highest BCUT2D eigenvalue weighted by molar-refractivity contribution is 8.03. The number of benzene rings is 3. The van der Waals surface area contributed by atoms with Gasteiger partial charge in [-0.05, 0) is 55.8 Å². The van der Waals surface area contributed by atoms with E-state index in [1.54, 1.807) is 62.4 Å². The lowest BCUT2D eigenvalue weighted by molar-refractivity contribution is -0.114. The lowest BCUT2D eigenvalue weighted by Crippen LogP contribution is -2.31. The van der Waals surface area contributed by atoms with Crippen molar-refractivity contribution < 1.29 is 28.7 Å². The van der Waals surface area contributed by atoms with Crippen molar-refractivity contribution in [2.24, 2.45) is 0 Å². The van der Waals surface area contributed by atoms with E-state index in [4.69, 9.17) is 9.47 Å².